The van der Waals surface area contributed by atoms with Crippen LogP contribution in [0.3, 0.4) is 0 Å². The lowest BCUT2D eigenvalue weighted by Gasteiger charge is -2.23. The smallest absolute Gasteiger partial charge is 0.254 e. The van der Waals surface area contributed by atoms with E-state index in [9.17, 15) is 4.79 Å². The Hall–Kier alpha value is -1.36. The first-order valence-electron chi connectivity index (χ1n) is 5.73. The number of carbonyl (C=O) groups is 1. The molecule has 0 radical (unpaired) electrons. The van der Waals surface area contributed by atoms with Crippen molar-refractivity contribution in [3.8, 4) is 0 Å². The van der Waals surface area contributed by atoms with Crippen molar-refractivity contribution in [1.29, 1.82) is 0 Å². The lowest BCUT2D eigenvalue weighted by atomic mass is 10.1. The number of hydrogen-bond donors (Lipinski definition) is 2. The summed E-state index contributed by atoms with van der Waals surface area (Å²) < 4.78 is 1.78. The molecule has 0 spiro atoms. The highest BCUT2D eigenvalue weighted by Gasteiger charge is 2.21. The van der Waals surface area contributed by atoms with Crippen LogP contribution in [0, 0.1) is 0 Å². The molecule has 0 fully saturated rings. The molecule has 1 aromatic heterocycles. The van der Waals surface area contributed by atoms with Crippen molar-refractivity contribution in [2.45, 2.75) is 45.7 Å². The highest BCUT2D eigenvalue weighted by Crippen LogP contribution is 2.13. The molecule has 5 nitrogen and oxygen atoms in total. The van der Waals surface area contributed by atoms with Crippen LogP contribution in [0.5, 0.6) is 0 Å². The van der Waals surface area contributed by atoms with Gasteiger partial charge in [-0.3, -0.25) is 9.48 Å². The van der Waals surface area contributed by atoms with Crippen LogP contribution in [-0.4, -0.2) is 27.8 Å². The molecule has 1 heterocycles. The van der Waals surface area contributed by atoms with E-state index in [0.29, 0.717) is 12.1 Å². The molecule has 0 saturated carbocycles. The fourth-order valence-corrected chi connectivity index (χ4v) is 1.24. The van der Waals surface area contributed by atoms with Crippen molar-refractivity contribution in [2.24, 2.45) is 5.73 Å². The summed E-state index contributed by atoms with van der Waals surface area (Å²) in [6.45, 7) is 10.3. The number of carbonyl (C=O) groups excluding carboxylic acids is 1. The van der Waals surface area contributed by atoms with Gasteiger partial charge in [0, 0.05) is 18.3 Å². The lowest BCUT2D eigenvalue weighted by Crippen LogP contribution is -2.48. The van der Waals surface area contributed by atoms with E-state index in [-0.39, 0.29) is 11.4 Å². The molecule has 1 aromatic rings. The molecule has 0 aliphatic carbocycles. The molecule has 0 aliphatic rings. The first-order chi connectivity index (χ1) is 7.65. The first kappa shape index (κ1) is 13.7. The topological polar surface area (TPSA) is 72.9 Å². The summed E-state index contributed by atoms with van der Waals surface area (Å²) in [7, 11) is 0. The normalized spacial score (nSPS) is 12.6. The average Bonchev–Trinajstić information content (AvgIpc) is 2.65. The summed E-state index contributed by atoms with van der Waals surface area (Å²) in [4.78, 5) is 11.9. The zero-order chi connectivity index (χ0) is 13.3. The van der Waals surface area contributed by atoms with Crippen LogP contribution in [-0.2, 0) is 5.54 Å². The number of nitrogens with one attached hydrogen (secondary N) is 1. The zero-order valence-corrected chi connectivity index (χ0v) is 11.2. The molecular formula is C12H22N4O. The third-order valence-corrected chi connectivity index (χ3v) is 2.49. The Morgan fingerprint density at radius 2 is 2.00 bits per heavy atom. The molecule has 1 amide bonds. The van der Waals surface area contributed by atoms with Gasteiger partial charge in [-0.05, 0) is 34.6 Å². The molecule has 96 valence electrons. The van der Waals surface area contributed by atoms with E-state index in [1.54, 1.807) is 17.1 Å². The number of amides is 1. The van der Waals surface area contributed by atoms with Crippen LogP contribution >= 0.6 is 0 Å². The van der Waals surface area contributed by atoms with E-state index < -0.39 is 5.54 Å². The number of nitrogens with two attached hydrogens (primary N) is 1. The van der Waals surface area contributed by atoms with E-state index >= 15 is 0 Å². The van der Waals surface area contributed by atoms with Gasteiger partial charge in [0.2, 0.25) is 0 Å². The second-order valence-electron chi connectivity index (χ2n) is 5.89. The van der Waals surface area contributed by atoms with E-state index in [4.69, 9.17) is 5.73 Å². The molecular weight excluding hydrogens is 216 g/mol. The maximum atomic E-state index is 11.9. The summed E-state index contributed by atoms with van der Waals surface area (Å²) in [5.41, 5.74) is 5.60. The van der Waals surface area contributed by atoms with Gasteiger partial charge in [-0.25, -0.2) is 0 Å². The molecule has 0 unspecified atom stereocenters. The van der Waals surface area contributed by atoms with Gasteiger partial charge in [-0.2, -0.15) is 5.10 Å². The van der Waals surface area contributed by atoms with Crippen LogP contribution in [0.15, 0.2) is 12.4 Å². The van der Waals surface area contributed by atoms with Gasteiger partial charge in [-0.1, -0.05) is 0 Å². The van der Waals surface area contributed by atoms with Crippen LogP contribution in [0.2, 0.25) is 0 Å². The minimum Gasteiger partial charge on any atom is -0.346 e. The number of aromatic nitrogens is 2. The molecule has 3 N–H and O–H groups in total. The monoisotopic (exact) mass is 238 g/mol. The Labute approximate surface area is 102 Å². The standard InChI is InChI=1S/C12H22N4O/c1-11(2,3)16-7-9(6-14-16)10(17)15-12(4,5)8-13/h6-7H,8,13H2,1-5H3,(H,15,17). The van der Waals surface area contributed by atoms with E-state index in [1.165, 1.54) is 0 Å². The molecule has 0 saturated heterocycles. The third-order valence-electron chi connectivity index (χ3n) is 2.49. The molecule has 17 heavy (non-hydrogen) atoms. The van der Waals surface area contributed by atoms with Crippen LogP contribution in [0.25, 0.3) is 0 Å². The quantitative estimate of drug-likeness (QED) is 0.828. The van der Waals surface area contributed by atoms with Crippen molar-refractivity contribution in [3.05, 3.63) is 18.0 Å². The first-order valence-corrected chi connectivity index (χ1v) is 5.73. The fraction of sp³-hybridized carbons (Fsp3) is 0.667. The van der Waals surface area contributed by atoms with Gasteiger partial charge in [0.1, 0.15) is 0 Å². The fourth-order valence-electron chi connectivity index (χ4n) is 1.24. The molecule has 0 aliphatic heterocycles. The Morgan fingerprint density at radius 1 is 1.41 bits per heavy atom. The minimum atomic E-state index is -0.402. The highest BCUT2D eigenvalue weighted by atomic mass is 16.1. The Balaban J connectivity index is 2.81. The van der Waals surface area contributed by atoms with Crippen molar-refractivity contribution >= 4 is 5.91 Å². The van der Waals surface area contributed by atoms with Gasteiger partial charge in [0.25, 0.3) is 5.91 Å². The van der Waals surface area contributed by atoms with Gasteiger partial charge in [-0.15, -0.1) is 0 Å². The number of nitrogens with zero attached hydrogens (tertiary/aromatic N) is 2. The van der Waals surface area contributed by atoms with Crippen molar-refractivity contribution in [2.75, 3.05) is 6.54 Å². The second-order valence-corrected chi connectivity index (χ2v) is 5.89. The molecule has 0 bridgehead atoms. The van der Waals surface area contributed by atoms with E-state index in [2.05, 4.69) is 10.4 Å². The second kappa shape index (κ2) is 4.49. The average molecular weight is 238 g/mol. The predicted octanol–water partition coefficient (Wildman–Crippen LogP) is 1.11. The minimum absolute atomic E-state index is 0.123. The number of rotatable bonds is 3. The molecule has 0 aromatic carbocycles. The Bertz CT molecular complexity index is 401. The van der Waals surface area contributed by atoms with Crippen LogP contribution in [0.1, 0.15) is 45.0 Å². The molecule has 0 atom stereocenters. The largest absolute Gasteiger partial charge is 0.346 e. The summed E-state index contributed by atoms with van der Waals surface area (Å²) >= 11 is 0. The van der Waals surface area contributed by atoms with E-state index in [0.717, 1.165) is 0 Å². The number of hydrogen-bond acceptors (Lipinski definition) is 3. The summed E-state index contributed by atoms with van der Waals surface area (Å²) in [6, 6.07) is 0. The third kappa shape index (κ3) is 3.56. The zero-order valence-electron chi connectivity index (χ0n) is 11.2. The van der Waals surface area contributed by atoms with Gasteiger partial charge < -0.3 is 11.1 Å². The Kier molecular flexibility index (Phi) is 3.62. The highest BCUT2D eigenvalue weighted by molar-refractivity contribution is 5.94. The van der Waals surface area contributed by atoms with Crippen molar-refractivity contribution in [1.82, 2.24) is 15.1 Å². The van der Waals surface area contributed by atoms with Crippen LogP contribution in [0.4, 0.5) is 0 Å². The SMILES string of the molecule is CC(C)(CN)NC(=O)c1cnn(C(C)(C)C)c1. The van der Waals surface area contributed by atoms with Crippen LogP contribution < -0.4 is 11.1 Å². The van der Waals surface area contributed by atoms with Crippen molar-refractivity contribution < 1.29 is 4.79 Å². The van der Waals surface area contributed by atoms with E-state index in [1.807, 2.05) is 34.6 Å². The molecule has 5 heteroatoms. The summed E-state index contributed by atoms with van der Waals surface area (Å²) in [5.74, 6) is -0.143. The van der Waals surface area contributed by atoms with Gasteiger partial charge >= 0.3 is 0 Å². The predicted molar refractivity (Wildman–Crippen MR) is 67.8 cm³/mol. The van der Waals surface area contributed by atoms with Gasteiger partial charge in [0.15, 0.2) is 0 Å². The molecule has 1 rings (SSSR count). The van der Waals surface area contributed by atoms with Gasteiger partial charge in [0.05, 0.1) is 17.3 Å². The maximum absolute atomic E-state index is 11.9. The Morgan fingerprint density at radius 3 is 2.41 bits per heavy atom. The van der Waals surface area contributed by atoms with Crippen molar-refractivity contribution in [3.63, 3.8) is 0 Å². The summed E-state index contributed by atoms with van der Waals surface area (Å²) in [5, 5.41) is 7.06. The lowest BCUT2D eigenvalue weighted by molar-refractivity contribution is 0.0915. The maximum Gasteiger partial charge on any atom is 0.254 e. The summed E-state index contributed by atoms with van der Waals surface area (Å²) in [6.07, 6.45) is 3.33.